The lowest BCUT2D eigenvalue weighted by Crippen LogP contribution is -2.42. The van der Waals surface area contributed by atoms with Crippen LogP contribution < -0.4 is 10.6 Å². The fourth-order valence-electron chi connectivity index (χ4n) is 2.52. The van der Waals surface area contributed by atoms with Crippen LogP contribution in [0.25, 0.3) is 11.3 Å². The number of rotatable bonds is 4. The van der Waals surface area contributed by atoms with Gasteiger partial charge in [-0.2, -0.15) is 0 Å². The predicted molar refractivity (Wildman–Crippen MR) is 89.4 cm³/mol. The largest absolute Gasteiger partial charge is 0.459 e. The second-order valence-electron chi connectivity index (χ2n) is 5.53. The highest BCUT2D eigenvalue weighted by atomic mass is 79.9. The Hall–Kier alpha value is -2.08. The topological polar surface area (TPSA) is 71.3 Å². The first-order chi connectivity index (χ1) is 11.1. The lowest BCUT2D eigenvalue weighted by atomic mass is 9.98. The van der Waals surface area contributed by atoms with Crippen molar-refractivity contribution in [1.82, 2.24) is 10.6 Å². The van der Waals surface area contributed by atoms with Crippen molar-refractivity contribution in [1.29, 1.82) is 0 Å². The summed E-state index contributed by atoms with van der Waals surface area (Å²) in [7, 11) is 0. The summed E-state index contributed by atoms with van der Waals surface area (Å²) in [6, 6.07) is 11.6. The normalized spacial score (nSPS) is 17.6. The van der Waals surface area contributed by atoms with Crippen molar-refractivity contribution in [3.05, 3.63) is 46.6 Å². The standard InChI is InChI=1S/C17H17BrN2O3/c18-13-4-1-11(2-5-13)15-7-6-14(23-15)10-20-17(22)12-3-8-16(21)19-9-12/h1-2,4-7,12H,3,8-10H2,(H,19,21)(H,20,22)/t12-/m1/s1. The van der Waals surface area contributed by atoms with Gasteiger partial charge in [0.05, 0.1) is 12.5 Å². The molecule has 2 amide bonds. The molecule has 5 nitrogen and oxygen atoms in total. The molecule has 1 fully saturated rings. The minimum absolute atomic E-state index is 0.0132. The molecule has 2 N–H and O–H groups in total. The molecule has 120 valence electrons. The predicted octanol–water partition coefficient (Wildman–Crippen LogP) is 2.85. The van der Waals surface area contributed by atoms with Gasteiger partial charge in [-0.1, -0.05) is 28.1 Å². The Bertz CT molecular complexity index is 699. The van der Waals surface area contributed by atoms with Gasteiger partial charge in [-0.15, -0.1) is 0 Å². The summed E-state index contributed by atoms with van der Waals surface area (Å²) in [6.45, 7) is 0.757. The highest BCUT2D eigenvalue weighted by molar-refractivity contribution is 9.10. The molecule has 2 aromatic rings. The summed E-state index contributed by atoms with van der Waals surface area (Å²) in [5.74, 6) is 1.28. The number of piperidine rings is 1. The molecular weight excluding hydrogens is 360 g/mol. The lowest BCUT2D eigenvalue weighted by molar-refractivity contribution is -0.129. The Morgan fingerprint density at radius 2 is 2.04 bits per heavy atom. The molecule has 6 heteroatoms. The molecule has 0 radical (unpaired) electrons. The maximum absolute atomic E-state index is 12.1. The zero-order chi connectivity index (χ0) is 16.2. The molecule has 3 rings (SSSR count). The number of benzene rings is 1. The molecule has 1 aliphatic rings. The molecule has 0 spiro atoms. The number of carbonyl (C=O) groups is 2. The van der Waals surface area contributed by atoms with E-state index in [9.17, 15) is 9.59 Å². The number of carbonyl (C=O) groups excluding carboxylic acids is 2. The second kappa shape index (κ2) is 7.00. The molecule has 0 saturated carbocycles. The fourth-order valence-corrected chi connectivity index (χ4v) is 2.78. The average Bonchev–Trinajstić information content (AvgIpc) is 3.03. The Morgan fingerprint density at radius 3 is 2.74 bits per heavy atom. The molecule has 0 unspecified atom stereocenters. The van der Waals surface area contributed by atoms with Gasteiger partial charge in [0.15, 0.2) is 0 Å². The average molecular weight is 377 g/mol. The van der Waals surface area contributed by atoms with Crippen molar-refractivity contribution in [2.75, 3.05) is 6.54 Å². The van der Waals surface area contributed by atoms with Crippen molar-refractivity contribution >= 4 is 27.7 Å². The van der Waals surface area contributed by atoms with E-state index in [1.165, 1.54) is 0 Å². The molecule has 23 heavy (non-hydrogen) atoms. The summed E-state index contributed by atoms with van der Waals surface area (Å²) in [4.78, 5) is 23.2. The molecule has 1 atom stereocenters. The number of furan rings is 1. The summed E-state index contributed by atoms with van der Waals surface area (Å²) >= 11 is 3.40. The summed E-state index contributed by atoms with van der Waals surface area (Å²) in [5.41, 5.74) is 0.987. The third kappa shape index (κ3) is 4.01. The number of hydrogen-bond donors (Lipinski definition) is 2. The van der Waals surface area contributed by atoms with Crippen LogP contribution in [0.5, 0.6) is 0 Å². The molecule has 1 aliphatic heterocycles. The Morgan fingerprint density at radius 1 is 1.26 bits per heavy atom. The Balaban J connectivity index is 1.56. The van der Waals surface area contributed by atoms with E-state index in [1.54, 1.807) is 0 Å². The van der Waals surface area contributed by atoms with Gasteiger partial charge >= 0.3 is 0 Å². The molecule has 0 aliphatic carbocycles. The van der Waals surface area contributed by atoms with Gasteiger partial charge in [0.1, 0.15) is 11.5 Å². The van der Waals surface area contributed by atoms with Crippen molar-refractivity contribution in [2.24, 2.45) is 5.92 Å². The van der Waals surface area contributed by atoms with E-state index in [2.05, 4.69) is 26.6 Å². The molecule has 1 aromatic heterocycles. The van der Waals surface area contributed by atoms with Crippen LogP contribution in [-0.4, -0.2) is 18.4 Å². The van der Waals surface area contributed by atoms with Crippen molar-refractivity contribution < 1.29 is 14.0 Å². The SMILES string of the molecule is O=C1CC[C@@H](C(=O)NCc2ccc(-c3ccc(Br)cc3)o2)CN1. The van der Waals surface area contributed by atoms with Gasteiger partial charge in [-0.05, 0) is 30.7 Å². The van der Waals surface area contributed by atoms with Crippen molar-refractivity contribution in [3.8, 4) is 11.3 Å². The summed E-state index contributed by atoms with van der Waals surface area (Å²) in [6.07, 6.45) is 1.01. The van der Waals surface area contributed by atoms with E-state index >= 15 is 0 Å². The highest BCUT2D eigenvalue weighted by Crippen LogP contribution is 2.24. The first-order valence-corrected chi connectivity index (χ1v) is 8.30. The van der Waals surface area contributed by atoms with Crippen LogP contribution in [0.3, 0.4) is 0 Å². The van der Waals surface area contributed by atoms with Gasteiger partial charge in [-0.25, -0.2) is 0 Å². The third-order valence-corrected chi connectivity index (χ3v) is 4.39. The van der Waals surface area contributed by atoms with Crippen molar-refractivity contribution in [3.63, 3.8) is 0 Å². The molecule has 1 saturated heterocycles. The van der Waals surface area contributed by atoms with Gasteiger partial charge in [-0.3, -0.25) is 9.59 Å². The van der Waals surface area contributed by atoms with Crippen LogP contribution in [0.1, 0.15) is 18.6 Å². The first-order valence-electron chi connectivity index (χ1n) is 7.51. The van der Waals surface area contributed by atoms with Gasteiger partial charge in [0, 0.05) is 23.0 Å². The minimum atomic E-state index is -0.159. The summed E-state index contributed by atoms with van der Waals surface area (Å²) in [5, 5.41) is 5.58. The van der Waals surface area contributed by atoms with E-state index in [4.69, 9.17) is 4.42 Å². The van der Waals surface area contributed by atoms with E-state index in [1.807, 2.05) is 36.4 Å². The second-order valence-corrected chi connectivity index (χ2v) is 6.45. The molecule has 1 aromatic carbocycles. The highest BCUT2D eigenvalue weighted by Gasteiger charge is 2.24. The first kappa shape index (κ1) is 15.8. The van der Waals surface area contributed by atoms with Crippen LogP contribution in [0.2, 0.25) is 0 Å². The smallest absolute Gasteiger partial charge is 0.225 e. The molecule has 0 bridgehead atoms. The third-order valence-electron chi connectivity index (χ3n) is 3.86. The van der Waals surface area contributed by atoms with E-state index < -0.39 is 0 Å². The van der Waals surface area contributed by atoms with Crippen LogP contribution >= 0.6 is 15.9 Å². The van der Waals surface area contributed by atoms with Gasteiger partial charge < -0.3 is 15.1 Å². The zero-order valence-electron chi connectivity index (χ0n) is 12.5. The van der Waals surface area contributed by atoms with Crippen LogP contribution in [-0.2, 0) is 16.1 Å². The van der Waals surface area contributed by atoms with E-state index in [0.29, 0.717) is 31.7 Å². The maximum atomic E-state index is 12.1. The van der Waals surface area contributed by atoms with Crippen LogP contribution in [0, 0.1) is 5.92 Å². The monoisotopic (exact) mass is 376 g/mol. The lowest BCUT2D eigenvalue weighted by Gasteiger charge is -2.21. The van der Waals surface area contributed by atoms with E-state index in [-0.39, 0.29) is 17.7 Å². The quantitative estimate of drug-likeness (QED) is 0.861. The Labute approximate surface area is 142 Å². The number of nitrogens with one attached hydrogen (secondary N) is 2. The number of halogens is 1. The van der Waals surface area contributed by atoms with Gasteiger partial charge in [0.25, 0.3) is 0 Å². The Kier molecular flexibility index (Phi) is 4.81. The fraction of sp³-hybridized carbons (Fsp3) is 0.294. The number of hydrogen-bond acceptors (Lipinski definition) is 3. The minimum Gasteiger partial charge on any atom is -0.459 e. The maximum Gasteiger partial charge on any atom is 0.225 e. The van der Waals surface area contributed by atoms with Crippen LogP contribution in [0.15, 0.2) is 45.3 Å². The number of amides is 2. The molecule has 2 heterocycles. The molecular formula is C17H17BrN2O3. The zero-order valence-corrected chi connectivity index (χ0v) is 14.1. The van der Waals surface area contributed by atoms with Crippen molar-refractivity contribution in [2.45, 2.75) is 19.4 Å². The van der Waals surface area contributed by atoms with E-state index in [0.717, 1.165) is 15.8 Å². The summed E-state index contributed by atoms with van der Waals surface area (Å²) < 4.78 is 6.78. The van der Waals surface area contributed by atoms with Gasteiger partial charge in [0.2, 0.25) is 11.8 Å². The van der Waals surface area contributed by atoms with Crippen LogP contribution in [0.4, 0.5) is 0 Å².